The van der Waals surface area contributed by atoms with Crippen LogP contribution in [0.5, 0.6) is 0 Å². The van der Waals surface area contributed by atoms with Crippen LogP contribution in [0.15, 0.2) is 41.1 Å². The molecule has 2 aromatic rings. The van der Waals surface area contributed by atoms with E-state index in [1.54, 1.807) is 12.4 Å². The van der Waals surface area contributed by atoms with Crippen LogP contribution in [0.25, 0.3) is 0 Å². The number of anilines is 2. The average molecular weight is 361 g/mol. The molecule has 0 spiro atoms. The summed E-state index contributed by atoms with van der Waals surface area (Å²) in [7, 11) is 0. The Morgan fingerprint density at radius 3 is 2.45 bits per heavy atom. The molecule has 1 saturated carbocycles. The minimum absolute atomic E-state index is 0.0781. The van der Waals surface area contributed by atoms with Crippen molar-refractivity contribution in [3.05, 3.63) is 46.7 Å². The van der Waals surface area contributed by atoms with Gasteiger partial charge in [0.15, 0.2) is 0 Å². The fraction of sp³-hybridized carbons (Fsp3) is 0.312. The minimum atomic E-state index is 0.0781. The second-order valence-electron chi connectivity index (χ2n) is 5.48. The lowest BCUT2D eigenvalue weighted by Gasteiger charge is -2.14. The van der Waals surface area contributed by atoms with Crippen LogP contribution < -0.4 is 10.6 Å². The van der Waals surface area contributed by atoms with Gasteiger partial charge in [0.25, 0.3) is 0 Å². The van der Waals surface area contributed by atoms with Crippen molar-refractivity contribution in [2.45, 2.75) is 25.8 Å². The van der Waals surface area contributed by atoms with E-state index in [9.17, 15) is 4.79 Å². The van der Waals surface area contributed by atoms with Crippen LogP contribution >= 0.6 is 15.9 Å². The number of hydrogen-bond donors (Lipinski definition) is 2. The van der Waals surface area contributed by atoms with Crippen LogP contribution in [0.3, 0.4) is 0 Å². The molecule has 5 nitrogen and oxygen atoms in total. The number of aromatic nitrogens is 2. The Kier molecular flexibility index (Phi) is 4.38. The van der Waals surface area contributed by atoms with Gasteiger partial charge in [-0.25, -0.2) is 9.97 Å². The third kappa shape index (κ3) is 3.82. The number of amides is 1. The maximum Gasteiger partial charge on any atom is 0.227 e. The van der Waals surface area contributed by atoms with Gasteiger partial charge in [-0.1, -0.05) is 12.1 Å². The summed E-state index contributed by atoms with van der Waals surface area (Å²) in [6.45, 7) is 2.04. The van der Waals surface area contributed by atoms with Gasteiger partial charge in [-0.15, -0.1) is 0 Å². The van der Waals surface area contributed by atoms with Gasteiger partial charge in [0.2, 0.25) is 11.9 Å². The van der Waals surface area contributed by atoms with Gasteiger partial charge < -0.3 is 10.6 Å². The van der Waals surface area contributed by atoms with Crippen LogP contribution in [0.4, 0.5) is 11.6 Å². The Morgan fingerprint density at radius 2 is 1.86 bits per heavy atom. The molecule has 22 heavy (non-hydrogen) atoms. The predicted molar refractivity (Wildman–Crippen MR) is 89.6 cm³/mol. The van der Waals surface area contributed by atoms with Crippen LogP contribution in [-0.4, -0.2) is 15.9 Å². The fourth-order valence-corrected chi connectivity index (χ4v) is 2.31. The first-order valence-electron chi connectivity index (χ1n) is 7.27. The van der Waals surface area contributed by atoms with E-state index in [4.69, 9.17) is 0 Å². The number of rotatable bonds is 5. The van der Waals surface area contributed by atoms with Crippen LogP contribution in [0.2, 0.25) is 0 Å². The van der Waals surface area contributed by atoms with Crippen molar-refractivity contribution in [1.29, 1.82) is 0 Å². The molecule has 1 aromatic heterocycles. The molecule has 0 aliphatic heterocycles. The highest BCUT2D eigenvalue weighted by molar-refractivity contribution is 9.10. The van der Waals surface area contributed by atoms with E-state index in [0.29, 0.717) is 5.95 Å². The predicted octanol–water partition coefficient (Wildman–Crippen LogP) is 3.76. The largest absolute Gasteiger partial charge is 0.348 e. The molecule has 114 valence electrons. The molecule has 1 amide bonds. The highest BCUT2D eigenvalue weighted by atomic mass is 79.9. The third-order valence-electron chi connectivity index (χ3n) is 3.59. The summed E-state index contributed by atoms with van der Waals surface area (Å²) < 4.78 is 0.849. The maximum atomic E-state index is 11.7. The van der Waals surface area contributed by atoms with Crippen LogP contribution in [-0.2, 0) is 4.79 Å². The third-order valence-corrected chi connectivity index (χ3v) is 4.00. The number of nitrogens with one attached hydrogen (secondary N) is 2. The number of nitrogens with zero attached hydrogens (tertiary/aromatic N) is 2. The molecule has 3 rings (SSSR count). The van der Waals surface area contributed by atoms with Crippen LogP contribution in [0, 0.1) is 5.92 Å². The van der Waals surface area contributed by atoms with Gasteiger partial charge in [-0.2, -0.15) is 0 Å². The summed E-state index contributed by atoms with van der Waals surface area (Å²) in [6, 6.07) is 7.93. The van der Waals surface area contributed by atoms with Gasteiger partial charge in [-0.05, 0) is 53.4 Å². The fourth-order valence-electron chi connectivity index (χ4n) is 2.11. The minimum Gasteiger partial charge on any atom is -0.348 e. The molecule has 0 radical (unpaired) electrons. The zero-order chi connectivity index (χ0) is 15.5. The second kappa shape index (κ2) is 6.44. The maximum absolute atomic E-state index is 11.7. The van der Waals surface area contributed by atoms with Crippen molar-refractivity contribution < 1.29 is 4.79 Å². The monoisotopic (exact) mass is 360 g/mol. The standard InChI is InChI=1S/C16H17BrN4O/c1-10(20-16-18-8-13(17)9-19-16)11-4-6-14(7-5-11)21-15(22)12-2-3-12/h4-10,12H,2-3H2,1H3,(H,21,22)(H,18,19,20). The Bertz CT molecular complexity index is 653. The van der Waals surface area contributed by atoms with E-state index in [-0.39, 0.29) is 17.9 Å². The highest BCUT2D eigenvalue weighted by Crippen LogP contribution is 2.30. The molecule has 0 bridgehead atoms. The van der Waals surface area contributed by atoms with Gasteiger partial charge >= 0.3 is 0 Å². The Hall–Kier alpha value is -1.95. The molecule has 1 fully saturated rings. The van der Waals surface area contributed by atoms with Gasteiger partial charge in [0.05, 0.1) is 10.5 Å². The van der Waals surface area contributed by atoms with E-state index >= 15 is 0 Å². The Morgan fingerprint density at radius 1 is 1.23 bits per heavy atom. The smallest absolute Gasteiger partial charge is 0.227 e. The molecule has 1 heterocycles. The Balaban J connectivity index is 1.61. The topological polar surface area (TPSA) is 66.9 Å². The number of carbonyl (C=O) groups excluding carboxylic acids is 1. The lowest BCUT2D eigenvalue weighted by molar-refractivity contribution is -0.117. The first-order chi connectivity index (χ1) is 10.6. The molecular weight excluding hydrogens is 344 g/mol. The summed E-state index contributed by atoms with van der Waals surface area (Å²) in [6.07, 6.45) is 5.44. The molecule has 1 aromatic carbocycles. The van der Waals surface area contributed by atoms with Crippen molar-refractivity contribution in [2.24, 2.45) is 5.92 Å². The van der Waals surface area contributed by atoms with E-state index in [0.717, 1.165) is 28.6 Å². The van der Waals surface area contributed by atoms with Crippen molar-refractivity contribution in [3.8, 4) is 0 Å². The number of halogens is 1. The molecule has 1 unspecified atom stereocenters. The molecule has 1 atom stereocenters. The SMILES string of the molecule is CC(Nc1ncc(Br)cn1)c1ccc(NC(=O)C2CC2)cc1. The molecule has 1 aliphatic rings. The van der Waals surface area contributed by atoms with E-state index in [1.165, 1.54) is 0 Å². The van der Waals surface area contributed by atoms with E-state index in [2.05, 4.69) is 36.5 Å². The molecule has 0 saturated heterocycles. The quantitative estimate of drug-likeness (QED) is 0.851. The molecule has 1 aliphatic carbocycles. The van der Waals surface area contributed by atoms with Crippen molar-refractivity contribution >= 4 is 33.5 Å². The highest BCUT2D eigenvalue weighted by Gasteiger charge is 2.29. The second-order valence-corrected chi connectivity index (χ2v) is 6.39. The zero-order valence-corrected chi connectivity index (χ0v) is 13.8. The lowest BCUT2D eigenvalue weighted by atomic mass is 10.1. The number of benzene rings is 1. The summed E-state index contributed by atoms with van der Waals surface area (Å²) in [5, 5.41) is 6.18. The zero-order valence-electron chi connectivity index (χ0n) is 12.2. The summed E-state index contributed by atoms with van der Waals surface area (Å²) in [4.78, 5) is 20.1. The van der Waals surface area contributed by atoms with Crippen LogP contribution in [0.1, 0.15) is 31.4 Å². The summed E-state index contributed by atoms with van der Waals surface area (Å²) in [5.41, 5.74) is 1.95. The van der Waals surface area contributed by atoms with E-state index < -0.39 is 0 Å². The first-order valence-corrected chi connectivity index (χ1v) is 8.06. The number of hydrogen-bond acceptors (Lipinski definition) is 4. The summed E-state index contributed by atoms with van der Waals surface area (Å²) in [5.74, 6) is 0.929. The number of carbonyl (C=O) groups is 1. The lowest BCUT2D eigenvalue weighted by Crippen LogP contribution is -2.13. The van der Waals surface area contributed by atoms with Crippen molar-refractivity contribution in [3.63, 3.8) is 0 Å². The molecular formula is C16H17BrN4O. The van der Waals surface area contributed by atoms with Gasteiger partial charge in [-0.3, -0.25) is 4.79 Å². The van der Waals surface area contributed by atoms with Crippen molar-refractivity contribution in [2.75, 3.05) is 10.6 Å². The summed E-state index contributed by atoms with van der Waals surface area (Å²) >= 11 is 3.31. The van der Waals surface area contributed by atoms with Gasteiger partial charge in [0.1, 0.15) is 0 Å². The Labute approximate surface area is 137 Å². The molecule has 6 heteroatoms. The molecule has 2 N–H and O–H groups in total. The normalized spacial score (nSPS) is 15.2. The average Bonchev–Trinajstić information content (AvgIpc) is 3.35. The van der Waals surface area contributed by atoms with E-state index in [1.807, 2.05) is 31.2 Å². The first kappa shape index (κ1) is 15.0. The van der Waals surface area contributed by atoms with Gasteiger partial charge in [0, 0.05) is 24.0 Å². The van der Waals surface area contributed by atoms with Crippen molar-refractivity contribution in [1.82, 2.24) is 9.97 Å².